The minimum absolute atomic E-state index is 0.00673. The lowest BCUT2D eigenvalue weighted by molar-refractivity contribution is -0.139. The van der Waals surface area contributed by atoms with E-state index in [1.807, 2.05) is 4.90 Å². The van der Waals surface area contributed by atoms with E-state index < -0.39 is 29.3 Å². The van der Waals surface area contributed by atoms with Crippen molar-refractivity contribution in [1.82, 2.24) is 19.8 Å². The Bertz CT molecular complexity index is 876. The van der Waals surface area contributed by atoms with Gasteiger partial charge in [0, 0.05) is 68.5 Å². The molecule has 0 radical (unpaired) electrons. The summed E-state index contributed by atoms with van der Waals surface area (Å²) in [7, 11) is 0. The summed E-state index contributed by atoms with van der Waals surface area (Å²) >= 11 is 0. The van der Waals surface area contributed by atoms with E-state index in [2.05, 4.69) is 14.9 Å². The zero-order chi connectivity index (χ0) is 21.8. The van der Waals surface area contributed by atoms with Crippen molar-refractivity contribution < 1.29 is 22.7 Å². The van der Waals surface area contributed by atoms with Crippen LogP contribution in [0.1, 0.15) is 31.2 Å². The largest absolute Gasteiger partial charge is 0.484 e. The first-order valence-electron chi connectivity index (χ1n) is 10.6. The Hall–Kier alpha value is -2.68. The molecule has 2 aliphatic rings. The molecular formula is C22H25F3N4O2. The van der Waals surface area contributed by atoms with E-state index in [1.165, 1.54) is 6.33 Å². The molecule has 0 atom stereocenters. The number of carbonyl (C=O) groups is 1. The van der Waals surface area contributed by atoms with Gasteiger partial charge in [-0.25, -0.2) is 23.1 Å². The molecule has 1 amide bonds. The van der Waals surface area contributed by atoms with Gasteiger partial charge in [0.05, 0.1) is 0 Å². The van der Waals surface area contributed by atoms with E-state index in [0.29, 0.717) is 38.1 Å². The average molecular weight is 434 g/mol. The third-order valence-corrected chi connectivity index (χ3v) is 5.96. The summed E-state index contributed by atoms with van der Waals surface area (Å²) in [5.74, 6) is -3.50. The van der Waals surface area contributed by atoms with Gasteiger partial charge in [0.2, 0.25) is 5.91 Å². The summed E-state index contributed by atoms with van der Waals surface area (Å²) in [6, 6.07) is 1.21. The highest BCUT2D eigenvalue weighted by Gasteiger charge is 2.32. The fourth-order valence-electron chi connectivity index (χ4n) is 4.27. The third-order valence-electron chi connectivity index (χ3n) is 5.96. The number of benzene rings is 1. The summed E-state index contributed by atoms with van der Waals surface area (Å²) in [5.41, 5.74) is 1.06. The van der Waals surface area contributed by atoms with Crippen molar-refractivity contribution in [3.8, 4) is 5.75 Å². The summed E-state index contributed by atoms with van der Waals surface area (Å²) in [6.07, 6.45) is 7.27. The molecule has 4 rings (SSSR count). The van der Waals surface area contributed by atoms with Crippen LogP contribution >= 0.6 is 0 Å². The highest BCUT2D eigenvalue weighted by molar-refractivity contribution is 5.79. The zero-order valence-corrected chi connectivity index (χ0v) is 17.1. The topological polar surface area (TPSA) is 58.6 Å². The number of amides is 1. The van der Waals surface area contributed by atoms with Crippen LogP contribution in [0, 0.1) is 23.4 Å². The molecule has 1 aromatic heterocycles. The number of aromatic nitrogens is 2. The van der Waals surface area contributed by atoms with Crippen molar-refractivity contribution in [3.63, 3.8) is 0 Å². The smallest absolute Gasteiger partial charge is 0.225 e. The maximum absolute atomic E-state index is 13.8. The second-order valence-electron chi connectivity index (χ2n) is 8.14. The molecule has 2 saturated heterocycles. The van der Waals surface area contributed by atoms with Gasteiger partial charge in [-0.15, -0.1) is 0 Å². The van der Waals surface area contributed by atoms with Crippen LogP contribution < -0.4 is 4.74 Å². The first-order valence-corrected chi connectivity index (χ1v) is 10.6. The van der Waals surface area contributed by atoms with E-state index in [9.17, 15) is 18.0 Å². The first-order chi connectivity index (χ1) is 15.0. The van der Waals surface area contributed by atoms with Crippen molar-refractivity contribution in [1.29, 1.82) is 0 Å². The van der Waals surface area contributed by atoms with Crippen molar-refractivity contribution in [2.45, 2.75) is 38.3 Å². The van der Waals surface area contributed by atoms with Crippen LogP contribution in [-0.2, 0) is 11.3 Å². The molecular weight excluding hydrogens is 409 g/mol. The number of ether oxygens (including phenoxy) is 1. The Morgan fingerprint density at radius 3 is 2.19 bits per heavy atom. The lowest BCUT2D eigenvalue weighted by atomic mass is 9.94. The molecule has 2 aliphatic heterocycles. The molecule has 1 aromatic carbocycles. The molecule has 0 bridgehead atoms. The second kappa shape index (κ2) is 9.64. The van der Waals surface area contributed by atoms with Gasteiger partial charge >= 0.3 is 0 Å². The van der Waals surface area contributed by atoms with Gasteiger partial charge in [-0.05, 0) is 25.9 Å². The van der Waals surface area contributed by atoms with E-state index in [0.717, 1.165) is 38.0 Å². The fourth-order valence-corrected chi connectivity index (χ4v) is 4.27. The second-order valence-corrected chi connectivity index (χ2v) is 8.14. The highest BCUT2D eigenvalue weighted by Crippen LogP contribution is 2.28. The Morgan fingerprint density at radius 2 is 1.58 bits per heavy atom. The van der Waals surface area contributed by atoms with Gasteiger partial charge in [-0.1, -0.05) is 0 Å². The number of piperidine rings is 2. The molecule has 0 N–H and O–H groups in total. The number of likely N-dealkylation sites (tertiary alicyclic amines) is 2. The summed E-state index contributed by atoms with van der Waals surface area (Å²) in [6.45, 7) is 3.42. The lowest BCUT2D eigenvalue weighted by Crippen LogP contribution is -2.47. The quantitative estimate of drug-likeness (QED) is 0.724. The number of rotatable bonds is 5. The fraction of sp³-hybridized carbons (Fsp3) is 0.500. The standard InChI is InChI=1S/C22H25F3N4O2/c23-17-9-19(24)21(20(25)10-17)31-18-3-7-29(8-4-18)22(30)16-1-5-28(6-2-16)13-15-11-26-14-27-12-15/h9-12,14,16,18H,1-8,13H2. The molecule has 6 nitrogen and oxygen atoms in total. The Balaban J connectivity index is 1.24. The number of hydrogen-bond donors (Lipinski definition) is 0. The predicted octanol–water partition coefficient (Wildman–Crippen LogP) is 3.18. The Kier molecular flexibility index (Phi) is 6.70. The predicted molar refractivity (Wildman–Crippen MR) is 107 cm³/mol. The van der Waals surface area contributed by atoms with Gasteiger partial charge in [0.25, 0.3) is 0 Å². The van der Waals surface area contributed by atoms with E-state index in [1.54, 1.807) is 12.4 Å². The minimum Gasteiger partial charge on any atom is -0.484 e. The van der Waals surface area contributed by atoms with Gasteiger partial charge in [-0.2, -0.15) is 0 Å². The molecule has 2 fully saturated rings. The molecule has 2 aromatic rings. The number of hydrogen-bond acceptors (Lipinski definition) is 5. The third kappa shape index (κ3) is 5.33. The SMILES string of the molecule is O=C(C1CCN(Cc2cncnc2)CC1)N1CCC(Oc2c(F)cc(F)cc2F)CC1. The lowest BCUT2D eigenvalue weighted by Gasteiger charge is -2.37. The van der Waals surface area contributed by atoms with Gasteiger partial charge in [0.15, 0.2) is 17.4 Å². The maximum Gasteiger partial charge on any atom is 0.225 e. The van der Waals surface area contributed by atoms with Crippen LogP contribution in [-0.4, -0.2) is 58.0 Å². The van der Waals surface area contributed by atoms with Gasteiger partial charge < -0.3 is 9.64 Å². The van der Waals surface area contributed by atoms with Crippen LogP contribution in [0.2, 0.25) is 0 Å². The molecule has 0 spiro atoms. The zero-order valence-electron chi connectivity index (χ0n) is 17.1. The van der Waals surface area contributed by atoms with Crippen molar-refractivity contribution in [2.75, 3.05) is 26.2 Å². The van der Waals surface area contributed by atoms with Crippen LogP contribution in [0.5, 0.6) is 5.75 Å². The minimum atomic E-state index is -1.05. The van der Waals surface area contributed by atoms with Crippen LogP contribution in [0.3, 0.4) is 0 Å². The van der Waals surface area contributed by atoms with Crippen LogP contribution in [0.25, 0.3) is 0 Å². The first kappa shape index (κ1) is 21.5. The maximum atomic E-state index is 13.8. The van der Waals surface area contributed by atoms with Crippen molar-refractivity contribution >= 4 is 5.91 Å². The van der Waals surface area contributed by atoms with E-state index >= 15 is 0 Å². The number of nitrogens with zero attached hydrogens (tertiary/aromatic N) is 4. The molecule has 9 heteroatoms. The Labute approximate surface area is 179 Å². The Morgan fingerprint density at radius 1 is 0.968 bits per heavy atom. The molecule has 0 unspecified atom stereocenters. The van der Waals surface area contributed by atoms with Crippen molar-refractivity contribution in [3.05, 3.63) is 53.9 Å². The summed E-state index contributed by atoms with van der Waals surface area (Å²) in [4.78, 5) is 25.1. The average Bonchev–Trinajstić information content (AvgIpc) is 2.77. The molecule has 31 heavy (non-hydrogen) atoms. The highest BCUT2D eigenvalue weighted by atomic mass is 19.1. The van der Waals surface area contributed by atoms with Gasteiger partial charge in [-0.3, -0.25) is 9.69 Å². The number of carbonyl (C=O) groups excluding carboxylic acids is 1. The summed E-state index contributed by atoms with van der Waals surface area (Å²) in [5, 5.41) is 0. The number of halogens is 3. The molecule has 3 heterocycles. The molecule has 0 aliphatic carbocycles. The molecule has 166 valence electrons. The van der Waals surface area contributed by atoms with Crippen LogP contribution in [0.4, 0.5) is 13.2 Å². The van der Waals surface area contributed by atoms with Crippen molar-refractivity contribution in [2.24, 2.45) is 5.92 Å². The van der Waals surface area contributed by atoms with Gasteiger partial charge in [0.1, 0.15) is 18.2 Å². The van der Waals surface area contributed by atoms with E-state index in [4.69, 9.17) is 4.74 Å². The van der Waals surface area contributed by atoms with E-state index in [-0.39, 0.29) is 11.8 Å². The van der Waals surface area contributed by atoms with Crippen LogP contribution in [0.15, 0.2) is 30.9 Å². The summed E-state index contributed by atoms with van der Waals surface area (Å²) < 4.78 is 46.1. The normalized spacial score (nSPS) is 18.9. The monoisotopic (exact) mass is 434 g/mol. The molecule has 0 saturated carbocycles.